The Morgan fingerprint density at radius 2 is 1.43 bits per heavy atom. The van der Waals surface area contributed by atoms with Crippen molar-refractivity contribution in [2.75, 3.05) is 6.54 Å². The van der Waals surface area contributed by atoms with E-state index >= 15 is 0 Å². The minimum atomic E-state index is -1.61. The number of carboxylic acid groups (broad SMARTS) is 1. The van der Waals surface area contributed by atoms with Crippen LogP contribution in [0, 0.1) is 5.41 Å². The van der Waals surface area contributed by atoms with Crippen LogP contribution in [0.3, 0.4) is 0 Å². The van der Waals surface area contributed by atoms with Gasteiger partial charge in [0.2, 0.25) is 5.91 Å². The van der Waals surface area contributed by atoms with Crippen LogP contribution in [0.25, 0.3) is 0 Å². The lowest BCUT2D eigenvalue weighted by atomic mass is 9.80. The molecule has 0 bridgehead atoms. The summed E-state index contributed by atoms with van der Waals surface area (Å²) in [5.41, 5.74) is -4.84. The standard InChI is InChI=1S/C31H56BN3O9/c1-26(2,3)21(34-24(39)41-27(4,5)6)22(36)33-20-18-31(23(37)38,35(19-20)25(40)42-28(7,8)9)16-14-15-17-32-43-29(10,11)30(12,13)44-32/h20-21H,14-19H2,1-13H3,(H,33,36)(H,34,39)(H,37,38)/t20-,21?,31-/m1/s1. The third kappa shape index (κ3) is 9.73. The van der Waals surface area contributed by atoms with Crippen molar-refractivity contribution in [3.63, 3.8) is 0 Å². The second-order valence-corrected chi connectivity index (χ2v) is 16.2. The van der Waals surface area contributed by atoms with E-state index in [0.717, 1.165) is 0 Å². The van der Waals surface area contributed by atoms with Gasteiger partial charge in [-0.3, -0.25) is 9.69 Å². The zero-order valence-corrected chi connectivity index (χ0v) is 29.1. The highest BCUT2D eigenvalue weighted by molar-refractivity contribution is 6.45. The van der Waals surface area contributed by atoms with Crippen LogP contribution in [0.2, 0.25) is 6.32 Å². The molecule has 0 spiro atoms. The Bertz CT molecular complexity index is 1060. The fraction of sp³-hybridized carbons (Fsp3) is 0.871. The maximum atomic E-state index is 13.6. The largest absolute Gasteiger partial charge is 0.479 e. The molecule has 2 fully saturated rings. The number of nitrogens with zero attached hydrogens (tertiary/aromatic N) is 1. The number of carbonyl (C=O) groups is 4. The molecular weight excluding hydrogens is 569 g/mol. The first-order chi connectivity index (χ1) is 19.7. The molecule has 1 unspecified atom stereocenters. The van der Waals surface area contributed by atoms with Crippen molar-refractivity contribution in [3.8, 4) is 0 Å². The van der Waals surface area contributed by atoms with Crippen LogP contribution < -0.4 is 10.6 Å². The monoisotopic (exact) mass is 625 g/mol. The summed E-state index contributed by atoms with van der Waals surface area (Å²) in [4.78, 5) is 53.7. The lowest BCUT2D eigenvalue weighted by Crippen LogP contribution is -2.56. The van der Waals surface area contributed by atoms with Gasteiger partial charge < -0.3 is 34.5 Å². The molecule has 0 radical (unpaired) electrons. The minimum absolute atomic E-state index is 0.0207. The molecule has 44 heavy (non-hydrogen) atoms. The van der Waals surface area contributed by atoms with Gasteiger partial charge in [-0.05, 0) is 87.4 Å². The van der Waals surface area contributed by atoms with Crippen molar-refractivity contribution in [1.29, 1.82) is 0 Å². The Morgan fingerprint density at radius 3 is 1.89 bits per heavy atom. The normalized spacial score (nSPS) is 24.1. The van der Waals surface area contributed by atoms with Gasteiger partial charge in [0.1, 0.15) is 22.8 Å². The van der Waals surface area contributed by atoms with Gasteiger partial charge in [0.25, 0.3) is 0 Å². The van der Waals surface area contributed by atoms with Crippen LogP contribution in [0.5, 0.6) is 0 Å². The molecule has 0 aliphatic carbocycles. The second-order valence-electron chi connectivity index (χ2n) is 16.2. The number of nitrogens with one attached hydrogen (secondary N) is 2. The number of carbonyl (C=O) groups excluding carboxylic acids is 3. The average molecular weight is 626 g/mol. The number of rotatable bonds is 9. The van der Waals surface area contributed by atoms with Gasteiger partial charge in [-0.1, -0.05) is 33.6 Å². The molecule has 13 heteroatoms. The molecule has 2 rings (SSSR count). The number of hydrogen-bond acceptors (Lipinski definition) is 8. The Balaban J connectivity index is 2.24. The van der Waals surface area contributed by atoms with Crippen molar-refractivity contribution in [1.82, 2.24) is 15.5 Å². The zero-order valence-electron chi connectivity index (χ0n) is 29.1. The van der Waals surface area contributed by atoms with Gasteiger partial charge in [-0.2, -0.15) is 0 Å². The van der Waals surface area contributed by atoms with E-state index in [-0.39, 0.29) is 19.4 Å². The molecule has 3 atom stereocenters. The summed E-state index contributed by atoms with van der Waals surface area (Å²) in [6, 6.07) is -1.67. The Hall–Kier alpha value is -2.54. The highest BCUT2D eigenvalue weighted by Gasteiger charge is 2.55. The first kappa shape index (κ1) is 37.7. The van der Waals surface area contributed by atoms with Crippen LogP contribution in [-0.2, 0) is 28.4 Å². The fourth-order valence-corrected chi connectivity index (χ4v) is 5.38. The molecule has 3 amide bonds. The number of carboxylic acids is 1. The highest BCUT2D eigenvalue weighted by atomic mass is 16.7. The van der Waals surface area contributed by atoms with Crippen LogP contribution in [-0.4, -0.2) is 87.8 Å². The molecule has 2 aliphatic heterocycles. The molecular formula is C31H56BN3O9. The third-order valence-corrected chi connectivity index (χ3v) is 8.23. The van der Waals surface area contributed by atoms with Crippen LogP contribution in [0.1, 0.15) is 116 Å². The molecule has 0 aromatic heterocycles. The molecule has 2 saturated heterocycles. The maximum Gasteiger partial charge on any atom is 0.457 e. The van der Waals surface area contributed by atoms with Crippen LogP contribution >= 0.6 is 0 Å². The van der Waals surface area contributed by atoms with E-state index < -0.39 is 76.6 Å². The van der Waals surface area contributed by atoms with Gasteiger partial charge in [-0.15, -0.1) is 0 Å². The number of alkyl carbamates (subject to hydrolysis) is 1. The molecule has 2 heterocycles. The first-order valence-corrected chi connectivity index (χ1v) is 15.6. The van der Waals surface area contributed by atoms with E-state index in [1.165, 1.54) is 4.90 Å². The number of hydrogen-bond donors (Lipinski definition) is 3. The van der Waals surface area contributed by atoms with Gasteiger partial charge in [0, 0.05) is 19.0 Å². The lowest BCUT2D eigenvalue weighted by Gasteiger charge is -2.35. The third-order valence-electron chi connectivity index (χ3n) is 8.23. The summed E-state index contributed by atoms with van der Waals surface area (Å²) >= 11 is 0. The molecule has 0 aromatic carbocycles. The Kier molecular flexibility index (Phi) is 11.2. The molecule has 3 N–H and O–H groups in total. The summed E-state index contributed by atoms with van der Waals surface area (Å²) in [5.74, 6) is -1.67. The topological polar surface area (TPSA) is 153 Å². The van der Waals surface area contributed by atoms with E-state index in [1.807, 2.05) is 27.7 Å². The average Bonchev–Trinajstić information content (AvgIpc) is 3.25. The number of unbranched alkanes of at least 4 members (excludes halogenated alkanes) is 1. The van der Waals surface area contributed by atoms with Crippen molar-refractivity contribution in [3.05, 3.63) is 0 Å². The molecule has 0 saturated carbocycles. The Labute approximate surface area is 263 Å². The number of ether oxygens (including phenoxy) is 2. The van der Waals surface area contributed by atoms with Crippen molar-refractivity contribution in [2.24, 2.45) is 5.41 Å². The van der Waals surface area contributed by atoms with Crippen LogP contribution in [0.15, 0.2) is 0 Å². The summed E-state index contributed by atoms with van der Waals surface area (Å²) < 4.78 is 23.1. The summed E-state index contributed by atoms with van der Waals surface area (Å²) in [6.45, 7) is 23.6. The summed E-state index contributed by atoms with van der Waals surface area (Å²) in [5, 5.41) is 16.1. The zero-order chi connectivity index (χ0) is 34.1. The molecule has 252 valence electrons. The van der Waals surface area contributed by atoms with E-state index in [0.29, 0.717) is 19.2 Å². The van der Waals surface area contributed by atoms with Gasteiger partial charge in [0.05, 0.1) is 11.2 Å². The van der Waals surface area contributed by atoms with Gasteiger partial charge in [0.15, 0.2) is 0 Å². The van der Waals surface area contributed by atoms with Crippen molar-refractivity contribution < 1.29 is 43.1 Å². The quantitative estimate of drug-likeness (QED) is 0.234. The SMILES string of the molecule is CC(C)(C)OC(=O)NC(C(=O)N[C@H]1CN(C(=O)OC(C)(C)C)[C@@](CCCCB2OC(C)(C)C(C)(C)O2)(C(=O)O)C1)C(C)(C)C. The number of aliphatic carboxylic acids is 1. The number of amides is 3. The molecule has 0 aromatic rings. The van der Waals surface area contributed by atoms with Crippen molar-refractivity contribution in [2.45, 2.75) is 162 Å². The molecule has 12 nitrogen and oxygen atoms in total. The smallest absolute Gasteiger partial charge is 0.457 e. The Morgan fingerprint density at radius 1 is 0.909 bits per heavy atom. The molecule has 2 aliphatic rings. The first-order valence-electron chi connectivity index (χ1n) is 15.6. The van der Waals surface area contributed by atoms with E-state index in [4.69, 9.17) is 18.8 Å². The second kappa shape index (κ2) is 13.1. The summed E-state index contributed by atoms with van der Waals surface area (Å²) in [6.07, 6.45) is 0.272. The van der Waals surface area contributed by atoms with Crippen LogP contribution in [0.4, 0.5) is 9.59 Å². The number of likely N-dealkylation sites (tertiary alicyclic amines) is 1. The maximum absolute atomic E-state index is 13.6. The fourth-order valence-electron chi connectivity index (χ4n) is 5.38. The minimum Gasteiger partial charge on any atom is -0.479 e. The van der Waals surface area contributed by atoms with Gasteiger partial charge in [-0.25, -0.2) is 14.4 Å². The summed E-state index contributed by atoms with van der Waals surface area (Å²) in [7, 11) is -0.412. The predicted octanol–water partition coefficient (Wildman–Crippen LogP) is 5.14. The highest BCUT2D eigenvalue weighted by Crippen LogP contribution is 2.40. The van der Waals surface area contributed by atoms with E-state index in [2.05, 4.69) is 10.6 Å². The predicted molar refractivity (Wildman–Crippen MR) is 167 cm³/mol. The lowest BCUT2D eigenvalue weighted by molar-refractivity contribution is -0.150. The van der Waals surface area contributed by atoms with E-state index in [1.54, 1.807) is 62.3 Å². The van der Waals surface area contributed by atoms with Gasteiger partial charge >= 0.3 is 25.3 Å². The van der Waals surface area contributed by atoms with Crippen molar-refractivity contribution >= 4 is 31.2 Å². The van der Waals surface area contributed by atoms with E-state index in [9.17, 15) is 24.3 Å².